The Morgan fingerprint density at radius 1 is 0.962 bits per heavy atom. The summed E-state index contributed by atoms with van der Waals surface area (Å²) in [5.74, 6) is 1.17. The average Bonchev–Trinajstić information content (AvgIpc) is 3.44. The minimum atomic E-state index is 0. The van der Waals surface area contributed by atoms with Crippen LogP contribution in [0.2, 0.25) is 0 Å². The van der Waals surface area contributed by atoms with Gasteiger partial charge in [-0.1, -0.05) is 19.3 Å². The lowest BCUT2D eigenvalue weighted by Gasteiger charge is -2.22. The van der Waals surface area contributed by atoms with E-state index in [9.17, 15) is 9.59 Å². The Hall–Kier alpha value is -1.06. The van der Waals surface area contributed by atoms with Crippen LogP contribution in [0.25, 0.3) is 0 Å². The van der Waals surface area contributed by atoms with Gasteiger partial charge in [0.2, 0.25) is 11.8 Å². The largest absolute Gasteiger partial charge is 0.357 e. The van der Waals surface area contributed by atoms with Crippen LogP contribution in [0.15, 0.2) is 4.99 Å². The van der Waals surface area contributed by atoms with Crippen LogP contribution in [-0.4, -0.2) is 50.0 Å². The second kappa shape index (κ2) is 13.2. The number of nitrogens with one attached hydrogen (secondary N) is 4. The smallest absolute Gasteiger partial charge is 0.223 e. The minimum Gasteiger partial charge on any atom is -0.357 e. The lowest BCUT2D eigenvalue weighted by molar-refractivity contribution is -0.122. The molecule has 2 aliphatic rings. The molecule has 2 aliphatic carbocycles. The summed E-state index contributed by atoms with van der Waals surface area (Å²) in [5.41, 5.74) is 0. The van der Waals surface area contributed by atoms with Gasteiger partial charge in [0.25, 0.3) is 0 Å². The molecule has 26 heavy (non-hydrogen) atoms. The molecule has 0 aromatic carbocycles. The molecule has 2 rings (SSSR count). The third-order valence-electron chi connectivity index (χ3n) is 4.59. The maximum atomic E-state index is 12.0. The van der Waals surface area contributed by atoms with E-state index in [1.54, 1.807) is 0 Å². The second-order valence-electron chi connectivity index (χ2n) is 6.91. The first-order chi connectivity index (χ1) is 12.2. The molecule has 0 heterocycles. The third kappa shape index (κ3) is 9.59. The van der Waals surface area contributed by atoms with Crippen molar-refractivity contribution in [1.29, 1.82) is 0 Å². The van der Waals surface area contributed by atoms with Gasteiger partial charge in [0.05, 0.1) is 6.54 Å². The summed E-state index contributed by atoms with van der Waals surface area (Å²) < 4.78 is 0. The van der Waals surface area contributed by atoms with Crippen LogP contribution in [0.3, 0.4) is 0 Å². The Kier molecular flexibility index (Phi) is 11.6. The van der Waals surface area contributed by atoms with Crippen LogP contribution < -0.4 is 21.3 Å². The molecule has 0 aromatic heterocycles. The van der Waals surface area contributed by atoms with Crippen molar-refractivity contribution in [3.63, 3.8) is 0 Å². The number of halogens is 1. The van der Waals surface area contributed by atoms with Crippen LogP contribution in [0.5, 0.6) is 0 Å². The molecule has 150 valence electrons. The molecule has 2 amide bonds. The minimum absolute atomic E-state index is 0. The van der Waals surface area contributed by atoms with Crippen molar-refractivity contribution in [1.82, 2.24) is 21.3 Å². The molecule has 0 saturated heterocycles. The topological polar surface area (TPSA) is 94.6 Å². The van der Waals surface area contributed by atoms with Gasteiger partial charge in [0.15, 0.2) is 5.96 Å². The van der Waals surface area contributed by atoms with Gasteiger partial charge in [-0.25, -0.2) is 0 Å². The Morgan fingerprint density at radius 3 is 2.31 bits per heavy atom. The van der Waals surface area contributed by atoms with Crippen LogP contribution in [0, 0.1) is 5.92 Å². The molecule has 0 aromatic rings. The molecule has 8 heteroatoms. The van der Waals surface area contributed by atoms with E-state index in [0.717, 1.165) is 32.2 Å². The zero-order chi connectivity index (χ0) is 17.9. The van der Waals surface area contributed by atoms with Crippen LogP contribution in [0.4, 0.5) is 0 Å². The first kappa shape index (κ1) is 23.0. The predicted molar refractivity (Wildman–Crippen MR) is 115 cm³/mol. The van der Waals surface area contributed by atoms with E-state index in [2.05, 4.69) is 26.3 Å². The van der Waals surface area contributed by atoms with Crippen LogP contribution in [-0.2, 0) is 9.59 Å². The summed E-state index contributed by atoms with van der Waals surface area (Å²) >= 11 is 0. The highest BCUT2D eigenvalue weighted by Crippen LogP contribution is 2.28. The summed E-state index contributed by atoms with van der Waals surface area (Å²) in [7, 11) is 0. The molecule has 4 N–H and O–H groups in total. The monoisotopic (exact) mass is 479 g/mol. The third-order valence-corrected chi connectivity index (χ3v) is 4.59. The summed E-state index contributed by atoms with van der Waals surface area (Å²) in [4.78, 5) is 28.0. The molecule has 0 spiro atoms. The summed E-state index contributed by atoms with van der Waals surface area (Å²) in [6, 6.07) is 0.353. The lowest BCUT2D eigenvalue weighted by Crippen LogP contribution is -2.42. The van der Waals surface area contributed by atoms with E-state index < -0.39 is 0 Å². The molecule has 7 nitrogen and oxygen atoms in total. The van der Waals surface area contributed by atoms with E-state index >= 15 is 0 Å². The molecule has 0 aliphatic heterocycles. The van der Waals surface area contributed by atoms with E-state index in [-0.39, 0.29) is 41.7 Å². The van der Waals surface area contributed by atoms with Crippen LogP contribution in [0.1, 0.15) is 58.3 Å². The van der Waals surface area contributed by atoms with Crippen molar-refractivity contribution in [3.8, 4) is 0 Å². The van der Waals surface area contributed by atoms with Gasteiger partial charge in [-0.3, -0.25) is 14.6 Å². The summed E-state index contributed by atoms with van der Waals surface area (Å²) in [6.07, 6.45) is 8.38. The quantitative estimate of drug-likeness (QED) is 0.175. The first-order valence-corrected chi connectivity index (χ1v) is 9.78. The van der Waals surface area contributed by atoms with Crippen molar-refractivity contribution in [2.45, 2.75) is 64.3 Å². The molecule has 0 unspecified atom stereocenters. The zero-order valence-corrected chi connectivity index (χ0v) is 18.1. The molecule has 2 saturated carbocycles. The van der Waals surface area contributed by atoms with E-state index in [4.69, 9.17) is 0 Å². The van der Waals surface area contributed by atoms with Gasteiger partial charge < -0.3 is 21.3 Å². The number of carbonyl (C=O) groups is 2. The van der Waals surface area contributed by atoms with Crippen molar-refractivity contribution in [3.05, 3.63) is 0 Å². The number of carbonyl (C=O) groups excluding carboxylic acids is 2. The molecular weight excluding hydrogens is 445 g/mol. The first-order valence-electron chi connectivity index (χ1n) is 9.78. The number of nitrogens with zero attached hydrogens (tertiary/aromatic N) is 1. The van der Waals surface area contributed by atoms with Gasteiger partial charge in [-0.15, -0.1) is 24.0 Å². The Labute approximate surface area is 173 Å². The fraction of sp³-hybridized carbons (Fsp3) is 0.833. The Balaban J connectivity index is 0.00000338. The molecule has 0 atom stereocenters. The predicted octanol–water partition coefficient (Wildman–Crippen LogP) is 1.52. The Bertz CT molecular complexity index is 462. The SMILES string of the molecule is CCNC(=NCCC(=O)NC1CCCCC1)NCCNC(=O)C1CC1.I. The summed E-state index contributed by atoms with van der Waals surface area (Å²) in [6.45, 7) is 4.43. The van der Waals surface area contributed by atoms with Crippen LogP contribution >= 0.6 is 24.0 Å². The number of rotatable bonds is 9. The fourth-order valence-electron chi connectivity index (χ4n) is 3.01. The molecular formula is C18H34IN5O2. The van der Waals surface area contributed by atoms with Gasteiger partial charge in [-0.05, 0) is 32.6 Å². The highest BCUT2D eigenvalue weighted by atomic mass is 127. The van der Waals surface area contributed by atoms with Crippen molar-refractivity contribution in [2.75, 3.05) is 26.2 Å². The number of hydrogen-bond acceptors (Lipinski definition) is 3. The fourth-order valence-corrected chi connectivity index (χ4v) is 3.01. The Morgan fingerprint density at radius 2 is 1.65 bits per heavy atom. The van der Waals surface area contributed by atoms with Gasteiger partial charge in [-0.2, -0.15) is 0 Å². The van der Waals surface area contributed by atoms with E-state index in [0.29, 0.717) is 38.1 Å². The van der Waals surface area contributed by atoms with Crippen molar-refractivity contribution in [2.24, 2.45) is 10.9 Å². The lowest BCUT2D eigenvalue weighted by atomic mass is 9.95. The number of guanidine groups is 1. The van der Waals surface area contributed by atoms with Crippen molar-refractivity contribution < 1.29 is 9.59 Å². The van der Waals surface area contributed by atoms with Gasteiger partial charge >= 0.3 is 0 Å². The highest BCUT2D eigenvalue weighted by molar-refractivity contribution is 14.0. The van der Waals surface area contributed by atoms with Crippen molar-refractivity contribution >= 4 is 41.8 Å². The molecule has 0 radical (unpaired) electrons. The van der Waals surface area contributed by atoms with E-state index in [1.807, 2.05) is 6.92 Å². The summed E-state index contributed by atoms with van der Waals surface area (Å²) in [5, 5.41) is 12.4. The second-order valence-corrected chi connectivity index (χ2v) is 6.91. The normalized spacial score (nSPS) is 17.8. The highest BCUT2D eigenvalue weighted by Gasteiger charge is 2.28. The average molecular weight is 479 g/mol. The standard InChI is InChI=1S/C18H33N5O2.HI/c1-2-19-18(22-13-12-20-17(25)14-8-9-14)21-11-10-16(24)23-15-6-4-3-5-7-15;/h14-15H,2-13H2,1H3,(H,20,25)(H,23,24)(H2,19,21,22);1H. The van der Waals surface area contributed by atoms with Gasteiger partial charge in [0.1, 0.15) is 0 Å². The zero-order valence-electron chi connectivity index (χ0n) is 15.8. The number of amides is 2. The van der Waals surface area contributed by atoms with Gasteiger partial charge in [0, 0.05) is 38.0 Å². The number of aliphatic imine (C=N–C) groups is 1. The molecule has 0 bridgehead atoms. The van der Waals surface area contributed by atoms with E-state index in [1.165, 1.54) is 19.3 Å². The maximum absolute atomic E-state index is 12.0. The maximum Gasteiger partial charge on any atom is 0.223 e. The number of hydrogen-bond donors (Lipinski definition) is 4. The molecule has 2 fully saturated rings.